The molecule has 0 spiro atoms. The Labute approximate surface area is 126 Å². The number of carbonyl (C=O) groups is 1. The predicted molar refractivity (Wildman–Crippen MR) is 83.6 cm³/mol. The van der Waals surface area contributed by atoms with Gasteiger partial charge in [0.2, 0.25) is 5.91 Å². The van der Waals surface area contributed by atoms with E-state index in [1.807, 2.05) is 36.9 Å². The fourth-order valence-corrected chi connectivity index (χ4v) is 3.44. The SMILES string of the molecule is Cc1ccc2c(c1)OC(C)CN2C(=O)C[C@@H]1CCC[C@H]1N. The molecule has 1 heterocycles. The van der Waals surface area contributed by atoms with E-state index in [0.717, 1.165) is 36.3 Å². The number of anilines is 1. The molecule has 0 bridgehead atoms. The van der Waals surface area contributed by atoms with Crippen molar-refractivity contribution in [2.24, 2.45) is 11.7 Å². The number of nitrogens with two attached hydrogens (primary N) is 1. The molecule has 21 heavy (non-hydrogen) atoms. The van der Waals surface area contributed by atoms with Crippen LogP contribution in [0.25, 0.3) is 0 Å². The van der Waals surface area contributed by atoms with Gasteiger partial charge >= 0.3 is 0 Å². The van der Waals surface area contributed by atoms with Gasteiger partial charge < -0.3 is 15.4 Å². The van der Waals surface area contributed by atoms with Gasteiger partial charge in [0.1, 0.15) is 11.9 Å². The minimum absolute atomic E-state index is 0.0282. The van der Waals surface area contributed by atoms with Crippen molar-refractivity contribution in [3.8, 4) is 5.75 Å². The second-order valence-electron chi connectivity index (χ2n) is 6.46. The van der Waals surface area contributed by atoms with Crippen LogP contribution < -0.4 is 15.4 Å². The summed E-state index contributed by atoms with van der Waals surface area (Å²) < 4.78 is 5.87. The number of fused-ring (bicyclic) bond motifs is 1. The van der Waals surface area contributed by atoms with E-state index in [2.05, 4.69) is 0 Å². The van der Waals surface area contributed by atoms with Crippen LogP contribution in [0.3, 0.4) is 0 Å². The molecule has 114 valence electrons. The second kappa shape index (κ2) is 5.68. The summed E-state index contributed by atoms with van der Waals surface area (Å²) in [6.45, 7) is 4.66. The normalized spacial score (nSPS) is 28.1. The van der Waals surface area contributed by atoms with Crippen molar-refractivity contribution < 1.29 is 9.53 Å². The van der Waals surface area contributed by atoms with E-state index in [-0.39, 0.29) is 18.1 Å². The average molecular weight is 288 g/mol. The lowest BCUT2D eigenvalue weighted by Gasteiger charge is -2.34. The third-order valence-corrected chi connectivity index (χ3v) is 4.63. The minimum atomic E-state index is 0.0282. The Bertz CT molecular complexity index is 544. The van der Waals surface area contributed by atoms with Gasteiger partial charge in [-0.15, -0.1) is 0 Å². The molecule has 1 fully saturated rings. The van der Waals surface area contributed by atoms with Crippen LogP contribution in [0.15, 0.2) is 18.2 Å². The van der Waals surface area contributed by atoms with Crippen molar-refractivity contribution in [1.82, 2.24) is 0 Å². The van der Waals surface area contributed by atoms with Crippen LogP contribution >= 0.6 is 0 Å². The first-order valence-corrected chi connectivity index (χ1v) is 7.88. The zero-order valence-corrected chi connectivity index (χ0v) is 12.8. The standard InChI is InChI=1S/C17H24N2O2/c1-11-6-7-15-16(8-11)21-12(2)10-19(15)17(20)9-13-4-3-5-14(13)18/h6-8,12-14H,3-5,9-10,18H2,1-2H3/t12?,13-,14+/m0/s1. The van der Waals surface area contributed by atoms with Crippen molar-refractivity contribution in [2.75, 3.05) is 11.4 Å². The maximum atomic E-state index is 12.7. The fraction of sp³-hybridized carbons (Fsp3) is 0.588. The molecule has 3 atom stereocenters. The van der Waals surface area contributed by atoms with Crippen molar-refractivity contribution in [3.63, 3.8) is 0 Å². The summed E-state index contributed by atoms with van der Waals surface area (Å²) in [6, 6.07) is 6.21. The molecule has 0 saturated heterocycles. The lowest BCUT2D eigenvalue weighted by atomic mass is 9.99. The van der Waals surface area contributed by atoms with Gasteiger partial charge in [-0.05, 0) is 50.3 Å². The Morgan fingerprint density at radius 1 is 1.43 bits per heavy atom. The van der Waals surface area contributed by atoms with Gasteiger partial charge in [-0.25, -0.2) is 0 Å². The van der Waals surface area contributed by atoms with Crippen LogP contribution in [0.2, 0.25) is 0 Å². The van der Waals surface area contributed by atoms with E-state index in [9.17, 15) is 4.79 Å². The molecule has 1 aromatic carbocycles. The van der Waals surface area contributed by atoms with Gasteiger partial charge in [0.15, 0.2) is 0 Å². The summed E-state index contributed by atoms with van der Waals surface area (Å²) in [7, 11) is 0. The smallest absolute Gasteiger partial charge is 0.227 e. The van der Waals surface area contributed by atoms with Crippen LogP contribution in [0.1, 0.15) is 38.2 Å². The summed E-state index contributed by atoms with van der Waals surface area (Å²) in [5, 5.41) is 0. The summed E-state index contributed by atoms with van der Waals surface area (Å²) in [4.78, 5) is 14.6. The first-order chi connectivity index (χ1) is 10.0. The average Bonchev–Trinajstić information content (AvgIpc) is 2.82. The molecule has 1 aliphatic carbocycles. The molecular weight excluding hydrogens is 264 g/mol. The highest BCUT2D eigenvalue weighted by Gasteiger charge is 2.32. The number of ether oxygens (including phenoxy) is 1. The lowest BCUT2D eigenvalue weighted by molar-refractivity contribution is -0.120. The molecule has 4 heteroatoms. The number of hydrogen-bond donors (Lipinski definition) is 1. The number of hydrogen-bond acceptors (Lipinski definition) is 3. The van der Waals surface area contributed by atoms with Crippen molar-refractivity contribution in [2.45, 2.75) is 51.7 Å². The van der Waals surface area contributed by atoms with Gasteiger partial charge in [0.25, 0.3) is 0 Å². The van der Waals surface area contributed by atoms with E-state index in [4.69, 9.17) is 10.5 Å². The van der Waals surface area contributed by atoms with Gasteiger partial charge in [0, 0.05) is 12.5 Å². The quantitative estimate of drug-likeness (QED) is 0.910. The van der Waals surface area contributed by atoms with Crippen molar-refractivity contribution in [3.05, 3.63) is 23.8 Å². The molecule has 1 unspecified atom stereocenters. The molecule has 1 amide bonds. The topological polar surface area (TPSA) is 55.6 Å². The zero-order chi connectivity index (χ0) is 15.0. The van der Waals surface area contributed by atoms with Crippen LogP contribution in [0, 0.1) is 12.8 Å². The Morgan fingerprint density at radius 2 is 2.24 bits per heavy atom. The predicted octanol–water partition coefficient (Wildman–Crippen LogP) is 2.63. The van der Waals surface area contributed by atoms with E-state index >= 15 is 0 Å². The number of amides is 1. The highest BCUT2D eigenvalue weighted by Crippen LogP contribution is 2.36. The molecule has 1 saturated carbocycles. The molecule has 1 aliphatic heterocycles. The van der Waals surface area contributed by atoms with Gasteiger partial charge in [-0.1, -0.05) is 12.5 Å². The molecule has 1 aromatic rings. The summed E-state index contributed by atoms with van der Waals surface area (Å²) >= 11 is 0. The summed E-state index contributed by atoms with van der Waals surface area (Å²) in [5.41, 5.74) is 8.15. The molecule has 3 rings (SSSR count). The summed E-state index contributed by atoms with van der Waals surface area (Å²) in [6.07, 6.45) is 3.86. The Balaban J connectivity index is 1.80. The van der Waals surface area contributed by atoms with Crippen molar-refractivity contribution >= 4 is 11.6 Å². The Morgan fingerprint density at radius 3 is 2.95 bits per heavy atom. The van der Waals surface area contributed by atoms with Crippen LogP contribution in [0.4, 0.5) is 5.69 Å². The third kappa shape index (κ3) is 2.91. The minimum Gasteiger partial charge on any atom is -0.487 e. The monoisotopic (exact) mass is 288 g/mol. The lowest BCUT2D eigenvalue weighted by Crippen LogP contribution is -2.43. The molecule has 2 aliphatic rings. The van der Waals surface area contributed by atoms with Gasteiger partial charge in [-0.2, -0.15) is 0 Å². The fourth-order valence-electron chi connectivity index (χ4n) is 3.44. The second-order valence-corrected chi connectivity index (χ2v) is 6.46. The Hall–Kier alpha value is -1.55. The number of rotatable bonds is 2. The van der Waals surface area contributed by atoms with E-state index in [1.165, 1.54) is 0 Å². The maximum absolute atomic E-state index is 12.7. The third-order valence-electron chi connectivity index (χ3n) is 4.63. The molecule has 0 aromatic heterocycles. The largest absolute Gasteiger partial charge is 0.487 e. The van der Waals surface area contributed by atoms with Gasteiger partial charge in [0.05, 0.1) is 12.2 Å². The number of benzene rings is 1. The molecule has 2 N–H and O–H groups in total. The zero-order valence-electron chi connectivity index (χ0n) is 12.8. The van der Waals surface area contributed by atoms with Crippen LogP contribution in [0.5, 0.6) is 5.75 Å². The summed E-state index contributed by atoms with van der Waals surface area (Å²) in [5.74, 6) is 1.33. The molecule has 0 radical (unpaired) electrons. The molecule has 4 nitrogen and oxygen atoms in total. The highest BCUT2D eigenvalue weighted by atomic mass is 16.5. The van der Waals surface area contributed by atoms with E-state index in [1.54, 1.807) is 0 Å². The maximum Gasteiger partial charge on any atom is 0.227 e. The van der Waals surface area contributed by atoms with E-state index in [0.29, 0.717) is 18.9 Å². The Kier molecular flexibility index (Phi) is 3.89. The first-order valence-electron chi connectivity index (χ1n) is 7.88. The number of aryl methyl sites for hydroxylation is 1. The van der Waals surface area contributed by atoms with Gasteiger partial charge in [-0.3, -0.25) is 4.79 Å². The van der Waals surface area contributed by atoms with Crippen LogP contribution in [-0.4, -0.2) is 24.6 Å². The van der Waals surface area contributed by atoms with Crippen LogP contribution in [-0.2, 0) is 4.79 Å². The number of carbonyl (C=O) groups excluding carboxylic acids is 1. The molecular formula is C17H24N2O2. The first kappa shape index (κ1) is 14.4. The van der Waals surface area contributed by atoms with Crippen molar-refractivity contribution in [1.29, 1.82) is 0 Å². The number of nitrogens with zero attached hydrogens (tertiary/aromatic N) is 1. The van der Waals surface area contributed by atoms with E-state index < -0.39 is 0 Å². The highest BCUT2D eigenvalue weighted by molar-refractivity contribution is 5.95.